The van der Waals surface area contributed by atoms with Crippen LogP contribution < -0.4 is 10.2 Å². The number of methoxy groups -OCH3 is 1. The Morgan fingerprint density at radius 2 is 2.03 bits per heavy atom. The average molecular weight is 459 g/mol. The Kier molecular flexibility index (Phi) is 8.33. The van der Waals surface area contributed by atoms with Gasteiger partial charge in [-0.1, -0.05) is 23.9 Å². The molecule has 0 saturated carbocycles. The molecule has 0 unspecified atom stereocenters. The minimum atomic E-state index is -0.0644. The molecule has 1 atom stereocenters. The topological polar surface area (TPSA) is 85.8 Å². The maximum Gasteiger partial charge on any atom is 0.251 e. The van der Waals surface area contributed by atoms with Gasteiger partial charge in [-0.25, -0.2) is 9.97 Å². The zero-order chi connectivity index (χ0) is 22.2. The predicted molar refractivity (Wildman–Crippen MR) is 123 cm³/mol. The number of carbonyl (C=O) groups is 1. The highest BCUT2D eigenvalue weighted by atomic mass is 32.2. The predicted octanol–water partition coefficient (Wildman–Crippen LogP) is 2.66. The highest BCUT2D eigenvalue weighted by Crippen LogP contribution is 2.24. The Balaban J connectivity index is 1.35. The van der Waals surface area contributed by atoms with E-state index in [4.69, 9.17) is 19.2 Å². The first kappa shape index (κ1) is 23.0. The quantitative estimate of drug-likeness (QED) is 0.453. The van der Waals surface area contributed by atoms with Crippen LogP contribution >= 0.6 is 11.8 Å². The van der Waals surface area contributed by atoms with Crippen LogP contribution in [0.3, 0.4) is 0 Å². The molecule has 2 aliphatic rings. The molecule has 1 amide bonds. The van der Waals surface area contributed by atoms with E-state index >= 15 is 0 Å². The van der Waals surface area contributed by atoms with E-state index in [1.165, 1.54) is 0 Å². The summed E-state index contributed by atoms with van der Waals surface area (Å²) in [7, 11) is 1.67. The highest BCUT2D eigenvalue weighted by molar-refractivity contribution is 7.98. The third-order valence-electron chi connectivity index (χ3n) is 5.47. The lowest BCUT2D eigenvalue weighted by atomic mass is 10.1. The van der Waals surface area contributed by atoms with Crippen molar-refractivity contribution < 1.29 is 19.0 Å². The van der Waals surface area contributed by atoms with Gasteiger partial charge in [0.2, 0.25) is 0 Å². The summed E-state index contributed by atoms with van der Waals surface area (Å²) in [5, 5.41) is 3.68. The number of ether oxygens (including phenoxy) is 3. The molecule has 4 rings (SSSR count). The molecule has 172 valence electrons. The number of aromatic nitrogens is 2. The second-order valence-corrected chi connectivity index (χ2v) is 8.81. The molecular weight excluding hydrogens is 428 g/mol. The Morgan fingerprint density at radius 1 is 1.22 bits per heavy atom. The Labute approximate surface area is 193 Å². The standard InChI is InChI=1S/C23H30N4O4S/c1-29-15-19-13-21(27-8-11-30-12-9-27)26-23(25-19)32-16-17-4-6-18(7-5-17)22(28)24-14-20-3-2-10-31-20/h4-7,13,20H,2-3,8-12,14-16H2,1H3,(H,24,28)/t20-/m1/s1. The van der Waals surface area contributed by atoms with Crippen molar-refractivity contribution in [2.45, 2.75) is 36.5 Å². The Morgan fingerprint density at radius 3 is 2.75 bits per heavy atom. The van der Waals surface area contributed by atoms with Crippen LogP contribution in [0.1, 0.15) is 34.5 Å². The summed E-state index contributed by atoms with van der Waals surface area (Å²) in [5.41, 5.74) is 2.63. The van der Waals surface area contributed by atoms with Gasteiger partial charge in [0, 0.05) is 50.7 Å². The molecule has 8 nitrogen and oxygen atoms in total. The van der Waals surface area contributed by atoms with Crippen LogP contribution in [-0.4, -0.2) is 68.5 Å². The molecule has 0 spiro atoms. The minimum Gasteiger partial charge on any atom is -0.378 e. The summed E-state index contributed by atoms with van der Waals surface area (Å²) < 4.78 is 16.3. The lowest BCUT2D eigenvalue weighted by Crippen LogP contribution is -2.37. The number of hydrogen-bond donors (Lipinski definition) is 1. The fraction of sp³-hybridized carbons (Fsp3) is 0.522. The Hall–Kier alpha value is -2.20. The molecule has 2 aromatic rings. The second-order valence-electron chi connectivity index (χ2n) is 7.86. The van der Waals surface area contributed by atoms with Gasteiger partial charge in [-0.3, -0.25) is 4.79 Å². The smallest absolute Gasteiger partial charge is 0.251 e. The summed E-state index contributed by atoms with van der Waals surface area (Å²) in [6.07, 6.45) is 2.22. The van der Waals surface area contributed by atoms with Gasteiger partial charge < -0.3 is 24.4 Å². The van der Waals surface area contributed by atoms with Gasteiger partial charge in [-0.2, -0.15) is 0 Å². The van der Waals surface area contributed by atoms with Crippen LogP contribution in [0, 0.1) is 0 Å². The SMILES string of the molecule is COCc1cc(N2CCOCC2)nc(SCc2ccc(C(=O)NC[C@H]3CCCO3)cc2)n1. The van der Waals surface area contributed by atoms with E-state index in [2.05, 4.69) is 15.2 Å². The molecule has 9 heteroatoms. The molecule has 0 aliphatic carbocycles. The summed E-state index contributed by atoms with van der Waals surface area (Å²) in [6, 6.07) is 9.68. The minimum absolute atomic E-state index is 0.0644. The molecule has 2 aliphatic heterocycles. The van der Waals surface area contributed by atoms with E-state index in [1.54, 1.807) is 18.9 Å². The number of nitrogens with one attached hydrogen (secondary N) is 1. The second kappa shape index (κ2) is 11.6. The number of thioether (sulfide) groups is 1. The van der Waals surface area contributed by atoms with Crippen molar-refractivity contribution in [3.05, 3.63) is 47.2 Å². The summed E-state index contributed by atoms with van der Waals surface area (Å²) >= 11 is 1.58. The molecular formula is C23H30N4O4S. The van der Waals surface area contributed by atoms with Gasteiger partial charge >= 0.3 is 0 Å². The summed E-state index contributed by atoms with van der Waals surface area (Å²) in [6.45, 7) is 4.87. The zero-order valence-corrected chi connectivity index (χ0v) is 19.2. The van der Waals surface area contributed by atoms with Gasteiger partial charge in [0.05, 0.1) is 31.6 Å². The van der Waals surface area contributed by atoms with Gasteiger partial charge in [0.15, 0.2) is 5.16 Å². The highest BCUT2D eigenvalue weighted by Gasteiger charge is 2.17. The van der Waals surface area contributed by atoms with Crippen LogP contribution in [0.25, 0.3) is 0 Å². The van der Waals surface area contributed by atoms with Crippen molar-refractivity contribution in [3.63, 3.8) is 0 Å². The largest absolute Gasteiger partial charge is 0.378 e. The number of hydrogen-bond acceptors (Lipinski definition) is 8. The van der Waals surface area contributed by atoms with Gasteiger partial charge in [-0.15, -0.1) is 0 Å². The van der Waals surface area contributed by atoms with Crippen molar-refractivity contribution in [1.82, 2.24) is 15.3 Å². The molecule has 1 aromatic carbocycles. The molecule has 2 fully saturated rings. The first-order valence-electron chi connectivity index (χ1n) is 11.0. The Bertz CT molecular complexity index is 884. The van der Waals surface area contributed by atoms with Crippen LogP contribution in [0.5, 0.6) is 0 Å². The number of nitrogens with zero attached hydrogens (tertiary/aromatic N) is 3. The lowest BCUT2D eigenvalue weighted by molar-refractivity contribution is 0.0858. The third kappa shape index (κ3) is 6.41. The molecule has 0 bridgehead atoms. The maximum atomic E-state index is 12.4. The van der Waals surface area contributed by atoms with Gasteiger partial charge in [-0.05, 0) is 30.5 Å². The molecule has 2 saturated heterocycles. The molecule has 3 heterocycles. The monoisotopic (exact) mass is 458 g/mol. The van der Waals surface area contributed by atoms with Crippen molar-refractivity contribution in [3.8, 4) is 0 Å². The average Bonchev–Trinajstić information content (AvgIpc) is 3.36. The fourth-order valence-electron chi connectivity index (χ4n) is 3.71. The third-order valence-corrected chi connectivity index (χ3v) is 6.39. The van der Waals surface area contributed by atoms with Crippen molar-refractivity contribution >= 4 is 23.5 Å². The summed E-state index contributed by atoms with van der Waals surface area (Å²) in [5.74, 6) is 1.57. The van der Waals surface area contributed by atoms with Crippen LogP contribution in [0.4, 0.5) is 5.82 Å². The number of carbonyl (C=O) groups excluding carboxylic acids is 1. The number of benzene rings is 1. The maximum absolute atomic E-state index is 12.4. The number of morpholine rings is 1. The van der Waals surface area contributed by atoms with Crippen LogP contribution in [-0.2, 0) is 26.6 Å². The number of amides is 1. The van der Waals surface area contributed by atoms with E-state index in [0.717, 1.165) is 60.5 Å². The zero-order valence-electron chi connectivity index (χ0n) is 18.4. The normalized spacial score (nSPS) is 18.7. The van der Waals surface area contributed by atoms with Crippen LogP contribution in [0.15, 0.2) is 35.5 Å². The summed E-state index contributed by atoms with van der Waals surface area (Å²) in [4.78, 5) is 24.0. The fourth-order valence-corrected chi connectivity index (χ4v) is 4.54. The molecule has 1 aromatic heterocycles. The van der Waals surface area contributed by atoms with Gasteiger partial charge in [0.1, 0.15) is 5.82 Å². The van der Waals surface area contributed by atoms with Gasteiger partial charge in [0.25, 0.3) is 5.91 Å². The van der Waals surface area contributed by atoms with Crippen molar-refractivity contribution in [1.29, 1.82) is 0 Å². The molecule has 0 radical (unpaired) electrons. The van der Waals surface area contributed by atoms with Crippen molar-refractivity contribution in [2.24, 2.45) is 0 Å². The number of rotatable bonds is 9. The number of anilines is 1. The van der Waals surface area contributed by atoms with E-state index in [0.29, 0.717) is 31.9 Å². The first-order chi connectivity index (χ1) is 15.7. The first-order valence-corrected chi connectivity index (χ1v) is 12.0. The lowest BCUT2D eigenvalue weighted by Gasteiger charge is -2.28. The van der Waals surface area contributed by atoms with Crippen molar-refractivity contribution in [2.75, 3.05) is 51.5 Å². The van der Waals surface area contributed by atoms with E-state index < -0.39 is 0 Å². The van der Waals surface area contributed by atoms with Crippen LogP contribution in [0.2, 0.25) is 0 Å². The molecule has 32 heavy (non-hydrogen) atoms. The van der Waals surface area contributed by atoms with E-state index in [9.17, 15) is 4.79 Å². The molecule has 1 N–H and O–H groups in total. The van der Waals surface area contributed by atoms with E-state index in [-0.39, 0.29) is 12.0 Å². The van der Waals surface area contributed by atoms with E-state index in [1.807, 2.05) is 30.3 Å².